The molecule has 1 heterocycles. The van der Waals surface area contributed by atoms with Crippen molar-refractivity contribution < 1.29 is 9.53 Å². The smallest absolute Gasteiger partial charge is 0.267 e. The van der Waals surface area contributed by atoms with Crippen LogP contribution in [0, 0.1) is 6.92 Å². The first-order valence-electron chi connectivity index (χ1n) is 7.36. The van der Waals surface area contributed by atoms with E-state index in [4.69, 9.17) is 27.9 Å². The van der Waals surface area contributed by atoms with E-state index >= 15 is 0 Å². The topological polar surface area (TPSA) is 51.2 Å². The van der Waals surface area contributed by atoms with Crippen LogP contribution in [0.25, 0.3) is 10.6 Å². The lowest BCUT2D eigenvalue weighted by Gasteiger charge is -2.11. The van der Waals surface area contributed by atoms with Gasteiger partial charge in [-0.3, -0.25) is 4.79 Å². The van der Waals surface area contributed by atoms with Crippen molar-refractivity contribution in [2.75, 3.05) is 12.4 Å². The van der Waals surface area contributed by atoms with Gasteiger partial charge in [0.1, 0.15) is 15.6 Å². The van der Waals surface area contributed by atoms with Gasteiger partial charge in [-0.25, -0.2) is 4.98 Å². The third-order valence-electron chi connectivity index (χ3n) is 3.56. The number of rotatable bonds is 4. The Kier molecular flexibility index (Phi) is 5.27. The summed E-state index contributed by atoms with van der Waals surface area (Å²) < 4.78 is 5.28. The lowest BCUT2D eigenvalue weighted by atomic mass is 10.2. The summed E-state index contributed by atoms with van der Waals surface area (Å²) in [6, 6.07) is 10.8. The van der Waals surface area contributed by atoms with Crippen molar-refractivity contribution in [1.29, 1.82) is 0 Å². The zero-order valence-electron chi connectivity index (χ0n) is 13.5. The molecule has 25 heavy (non-hydrogen) atoms. The van der Waals surface area contributed by atoms with Gasteiger partial charge in [-0.15, -0.1) is 11.3 Å². The number of carbonyl (C=O) groups is 1. The fraction of sp³-hybridized carbons (Fsp3) is 0.111. The van der Waals surface area contributed by atoms with Gasteiger partial charge >= 0.3 is 0 Å². The molecule has 128 valence electrons. The number of nitrogens with zero attached hydrogens (tertiary/aromatic N) is 1. The van der Waals surface area contributed by atoms with Gasteiger partial charge in [0.25, 0.3) is 5.91 Å². The average molecular weight is 393 g/mol. The third-order valence-corrected chi connectivity index (χ3v) is 5.33. The molecular formula is C18H14Cl2N2O2S. The summed E-state index contributed by atoms with van der Waals surface area (Å²) in [4.78, 5) is 17.3. The molecule has 0 saturated heterocycles. The van der Waals surface area contributed by atoms with Crippen LogP contribution in [0.4, 0.5) is 5.69 Å². The van der Waals surface area contributed by atoms with Gasteiger partial charge < -0.3 is 10.1 Å². The monoisotopic (exact) mass is 392 g/mol. The Labute approximate surface area is 159 Å². The predicted molar refractivity (Wildman–Crippen MR) is 103 cm³/mol. The van der Waals surface area contributed by atoms with Gasteiger partial charge in [0.2, 0.25) is 0 Å². The highest BCUT2D eigenvalue weighted by Gasteiger charge is 2.16. The van der Waals surface area contributed by atoms with E-state index < -0.39 is 0 Å². The van der Waals surface area contributed by atoms with Crippen molar-refractivity contribution in [1.82, 2.24) is 4.98 Å². The van der Waals surface area contributed by atoms with Gasteiger partial charge in [-0.1, -0.05) is 41.4 Å². The van der Waals surface area contributed by atoms with Crippen molar-refractivity contribution in [3.05, 3.63) is 63.1 Å². The lowest BCUT2D eigenvalue weighted by Crippen LogP contribution is -2.11. The van der Waals surface area contributed by atoms with E-state index in [2.05, 4.69) is 10.3 Å². The molecule has 3 rings (SSSR count). The molecule has 0 atom stereocenters. The van der Waals surface area contributed by atoms with Crippen molar-refractivity contribution in [3.63, 3.8) is 0 Å². The minimum atomic E-state index is -0.268. The second-order valence-corrected chi connectivity index (χ2v) is 7.11. The molecule has 1 N–H and O–H groups in total. The van der Waals surface area contributed by atoms with E-state index in [9.17, 15) is 4.79 Å². The van der Waals surface area contributed by atoms with Crippen LogP contribution >= 0.6 is 34.5 Å². The van der Waals surface area contributed by atoms with Crippen LogP contribution in [0.3, 0.4) is 0 Å². The van der Waals surface area contributed by atoms with E-state index in [0.717, 1.165) is 11.1 Å². The van der Waals surface area contributed by atoms with Crippen molar-refractivity contribution >= 4 is 46.1 Å². The second kappa shape index (κ2) is 7.44. The van der Waals surface area contributed by atoms with Gasteiger partial charge in [-0.05, 0) is 24.6 Å². The molecule has 7 heteroatoms. The Bertz CT molecular complexity index is 941. The van der Waals surface area contributed by atoms with E-state index in [-0.39, 0.29) is 5.91 Å². The maximum absolute atomic E-state index is 12.5. The molecule has 0 bridgehead atoms. The van der Waals surface area contributed by atoms with Crippen LogP contribution in [0.1, 0.15) is 15.2 Å². The molecule has 3 aromatic rings. The van der Waals surface area contributed by atoms with Gasteiger partial charge in [0, 0.05) is 16.7 Å². The summed E-state index contributed by atoms with van der Waals surface area (Å²) in [5, 5.41) is 4.70. The van der Waals surface area contributed by atoms with Gasteiger partial charge in [0.05, 0.1) is 24.0 Å². The molecule has 0 fully saturated rings. The lowest BCUT2D eigenvalue weighted by molar-refractivity contribution is 0.103. The first kappa shape index (κ1) is 17.7. The molecule has 1 aromatic heterocycles. The molecule has 0 aliphatic carbocycles. The number of aromatic nitrogens is 1. The number of anilines is 1. The summed E-state index contributed by atoms with van der Waals surface area (Å²) in [6.07, 6.45) is 1.54. The highest BCUT2D eigenvalue weighted by atomic mass is 35.5. The van der Waals surface area contributed by atoms with Gasteiger partial charge in [0.15, 0.2) is 0 Å². The summed E-state index contributed by atoms with van der Waals surface area (Å²) in [7, 11) is 1.53. The number of benzene rings is 2. The van der Waals surface area contributed by atoms with Gasteiger partial charge in [-0.2, -0.15) is 0 Å². The van der Waals surface area contributed by atoms with E-state index in [1.54, 1.807) is 18.2 Å². The highest BCUT2D eigenvalue weighted by Crippen LogP contribution is 2.33. The maximum atomic E-state index is 12.5. The number of aryl methyl sites for hydroxylation is 1. The standard InChI is InChI=1S/C18H14Cl2N2O2S/c1-10-7-14(15(24-2)8-13(10)20)22-17(23)16-9-21-18(25-16)11-5-3-4-6-12(11)19/h3-9H,1-2H3,(H,22,23). The first-order chi connectivity index (χ1) is 12.0. The largest absolute Gasteiger partial charge is 0.495 e. The number of methoxy groups -OCH3 is 1. The number of carbonyl (C=O) groups excluding carboxylic acids is 1. The van der Waals surface area contributed by atoms with Crippen molar-refractivity contribution in [3.8, 4) is 16.3 Å². The molecule has 2 aromatic carbocycles. The summed E-state index contributed by atoms with van der Waals surface area (Å²) in [5.41, 5.74) is 2.20. The molecular weight excluding hydrogens is 379 g/mol. The van der Waals surface area contributed by atoms with Crippen LogP contribution in [-0.4, -0.2) is 18.0 Å². The normalized spacial score (nSPS) is 10.6. The Morgan fingerprint density at radius 3 is 2.68 bits per heavy atom. The number of amides is 1. The zero-order valence-corrected chi connectivity index (χ0v) is 15.8. The molecule has 0 aliphatic rings. The molecule has 0 spiro atoms. The summed E-state index contributed by atoms with van der Waals surface area (Å²) >= 11 is 13.6. The molecule has 0 aliphatic heterocycles. The fourth-order valence-corrected chi connectivity index (χ4v) is 3.54. The van der Waals surface area contributed by atoms with E-state index in [1.165, 1.54) is 24.6 Å². The Balaban J connectivity index is 1.86. The number of ether oxygens (including phenoxy) is 1. The zero-order chi connectivity index (χ0) is 18.0. The van der Waals surface area contributed by atoms with Crippen LogP contribution in [0.5, 0.6) is 5.75 Å². The molecule has 0 saturated carbocycles. The highest BCUT2D eigenvalue weighted by molar-refractivity contribution is 7.17. The molecule has 0 unspecified atom stereocenters. The first-order valence-corrected chi connectivity index (χ1v) is 8.93. The number of hydrogen-bond acceptors (Lipinski definition) is 4. The second-order valence-electron chi connectivity index (χ2n) is 5.27. The molecule has 4 nitrogen and oxygen atoms in total. The Morgan fingerprint density at radius 2 is 1.96 bits per heavy atom. The van der Waals surface area contributed by atoms with Crippen LogP contribution < -0.4 is 10.1 Å². The van der Waals surface area contributed by atoms with Crippen LogP contribution in [0.2, 0.25) is 10.0 Å². The number of hydrogen-bond donors (Lipinski definition) is 1. The summed E-state index contributed by atoms with van der Waals surface area (Å²) in [6.45, 7) is 1.86. The third kappa shape index (κ3) is 3.79. The fourth-order valence-electron chi connectivity index (χ4n) is 2.25. The number of halogens is 2. The molecule has 0 radical (unpaired) electrons. The SMILES string of the molecule is COc1cc(Cl)c(C)cc1NC(=O)c1cnc(-c2ccccc2Cl)s1. The average Bonchev–Trinajstić information content (AvgIpc) is 3.08. The minimum absolute atomic E-state index is 0.268. The quantitative estimate of drug-likeness (QED) is 0.620. The number of nitrogens with one attached hydrogen (secondary N) is 1. The summed E-state index contributed by atoms with van der Waals surface area (Å²) in [5.74, 6) is 0.232. The minimum Gasteiger partial charge on any atom is -0.495 e. The van der Waals surface area contributed by atoms with E-state index in [1.807, 2.05) is 25.1 Å². The van der Waals surface area contributed by atoms with Crippen molar-refractivity contribution in [2.45, 2.75) is 6.92 Å². The molecule has 1 amide bonds. The Hall–Kier alpha value is -2.08. The number of thiazole rings is 1. The van der Waals surface area contributed by atoms with Crippen molar-refractivity contribution in [2.24, 2.45) is 0 Å². The maximum Gasteiger partial charge on any atom is 0.267 e. The predicted octanol–water partition coefficient (Wildman–Crippen LogP) is 5.69. The van der Waals surface area contributed by atoms with Crippen LogP contribution in [-0.2, 0) is 0 Å². The van der Waals surface area contributed by atoms with E-state index in [0.29, 0.717) is 31.4 Å². The van der Waals surface area contributed by atoms with Crippen LogP contribution in [0.15, 0.2) is 42.6 Å². The Morgan fingerprint density at radius 1 is 1.20 bits per heavy atom.